The average Bonchev–Trinajstić information content (AvgIpc) is 2.14. The zero-order chi connectivity index (χ0) is 10.4. The first-order valence-corrected chi connectivity index (χ1v) is 9.10. The summed E-state index contributed by atoms with van der Waals surface area (Å²) < 4.78 is 0. The fourth-order valence-corrected chi connectivity index (χ4v) is 6.03. The molecule has 74 valence electrons. The first-order chi connectivity index (χ1) is 5.76. The van der Waals surface area contributed by atoms with Crippen molar-refractivity contribution in [3.63, 3.8) is 0 Å². The van der Waals surface area contributed by atoms with Crippen LogP contribution in [0.5, 0.6) is 0 Å². The van der Waals surface area contributed by atoms with Crippen molar-refractivity contribution in [1.82, 2.24) is 0 Å². The van der Waals surface area contributed by atoms with Crippen LogP contribution in [0.4, 0.5) is 0 Å². The molecule has 0 atom stereocenters. The van der Waals surface area contributed by atoms with E-state index in [-0.39, 0.29) is 0 Å². The molecule has 0 aromatic heterocycles. The summed E-state index contributed by atoms with van der Waals surface area (Å²) in [6.07, 6.45) is 0. The van der Waals surface area contributed by atoms with Crippen molar-refractivity contribution in [1.29, 1.82) is 0 Å². The lowest BCUT2D eigenvalue weighted by molar-refractivity contribution is 1.10. The zero-order valence-corrected chi connectivity index (χ0v) is 11.3. The van der Waals surface area contributed by atoms with Crippen LogP contribution in [0, 0.1) is 0 Å². The summed E-state index contributed by atoms with van der Waals surface area (Å²) in [6, 6.07) is 0. The highest BCUT2D eigenvalue weighted by molar-refractivity contribution is 7.45. The number of halogens is 2. The molecule has 0 aromatic rings. The molecule has 0 bridgehead atoms. The van der Waals surface area contributed by atoms with Gasteiger partial charge in [-0.15, -0.1) is 22.2 Å². The minimum Gasteiger partial charge on any atom is -0.145 e. The quantitative estimate of drug-likeness (QED) is 0.460. The van der Waals surface area contributed by atoms with Crippen molar-refractivity contribution in [3.05, 3.63) is 22.3 Å². The summed E-state index contributed by atoms with van der Waals surface area (Å²) in [5.74, 6) is 0. The van der Waals surface area contributed by atoms with Crippen LogP contribution in [0.2, 0.25) is 12.1 Å². The highest BCUT2D eigenvalue weighted by Gasteiger charge is 2.39. The third kappa shape index (κ3) is 1.88. The molecular weight excluding hydrogens is 219 g/mol. The molecular formula is C10H16Cl2Si. The first-order valence-electron chi connectivity index (χ1n) is 4.49. The van der Waals surface area contributed by atoms with E-state index in [1.54, 1.807) is 0 Å². The van der Waals surface area contributed by atoms with E-state index >= 15 is 0 Å². The molecule has 0 amide bonds. The van der Waals surface area contributed by atoms with Gasteiger partial charge in [-0.2, -0.15) is 0 Å². The fourth-order valence-electron chi connectivity index (χ4n) is 2.11. The molecule has 0 fully saturated rings. The molecule has 3 heteroatoms. The summed E-state index contributed by atoms with van der Waals surface area (Å²) in [5.41, 5.74) is 5.82. The van der Waals surface area contributed by atoms with Gasteiger partial charge >= 0.3 is 0 Å². The Balaban J connectivity index is 3.18. The molecule has 1 aliphatic rings. The second kappa shape index (κ2) is 3.45. The topological polar surface area (TPSA) is 0 Å². The molecule has 13 heavy (non-hydrogen) atoms. The third-order valence-corrected chi connectivity index (χ3v) is 6.31. The van der Waals surface area contributed by atoms with Gasteiger partial charge in [0.05, 0.1) is 0 Å². The SMILES string of the molecule is CC1=C(C)C([Si](C)(Cl)Cl)C(C)=C1C. The Morgan fingerprint density at radius 3 is 1.38 bits per heavy atom. The van der Waals surface area contributed by atoms with Crippen LogP contribution >= 0.6 is 22.2 Å². The molecule has 0 radical (unpaired) electrons. The Kier molecular flexibility index (Phi) is 3.01. The van der Waals surface area contributed by atoms with E-state index in [0.717, 1.165) is 0 Å². The Morgan fingerprint density at radius 2 is 1.23 bits per heavy atom. The van der Waals surface area contributed by atoms with Crippen LogP contribution < -0.4 is 0 Å². The van der Waals surface area contributed by atoms with Gasteiger partial charge in [0, 0.05) is 5.54 Å². The second-order valence-electron chi connectivity index (χ2n) is 4.01. The van der Waals surface area contributed by atoms with Crippen molar-refractivity contribution >= 4 is 28.9 Å². The van der Waals surface area contributed by atoms with Gasteiger partial charge in [0.1, 0.15) is 0 Å². The maximum atomic E-state index is 6.30. The van der Waals surface area contributed by atoms with E-state index in [1.165, 1.54) is 22.3 Å². The lowest BCUT2D eigenvalue weighted by Gasteiger charge is -2.23. The molecule has 0 N–H and O–H groups in total. The second-order valence-corrected chi connectivity index (χ2v) is 11.8. The lowest BCUT2D eigenvalue weighted by Crippen LogP contribution is -2.23. The van der Waals surface area contributed by atoms with Gasteiger partial charge < -0.3 is 0 Å². The zero-order valence-electron chi connectivity index (χ0n) is 8.83. The Labute approximate surface area is 91.0 Å². The van der Waals surface area contributed by atoms with Crippen LogP contribution in [-0.4, -0.2) is 6.69 Å². The van der Waals surface area contributed by atoms with Gasteiger partial charge in [-0.1, -0.05) is 11.1 Å². The van der Waals surface area contributed by atoms with E-state index in [1.807, 2.05) is 6.55 Å². The molecule has 0 heterocycles. The normalized spacial score (nSPS) is 20.5. The molecule has 1 rings (SSSR count). The number of rotatable bonds is 1. The van der Waals surface area contributed by atoms with E-state index in [2.05, 4.69) is 27.7 Å². The predicted molar refractivity (Wildman–Crippen MR) is 63.8 cm³/mol. The molecule has 0 aliphatic heterocycles. The van der Waals surface area contributed by atoms with E-state index in [9.17, 15) is 0 Å². The van der Waals surface area contributed by atoms with Gasteiger partial charge in [-0.25, -0.2) is 0 Å². The maximum absolute atomic E-state index is 6.30. The Hall–Kier alpha value is 0.277. The van der Waals surface area contributed by atoms with Gasteiger partial charge in [-0.05, 0) is 45.4 Å². The van der Waals surface area contributed by atoms with Crippen molar-refractivity contribution in [2.45, 2.75) is 39.8 Å². The van der Waals surface area contributed by atoms with Crippen LogP contribution in [0.15, 0.2) is 22.3 Å². The summed E-state index contributed by atoms with van der Waals surface area (Å²) in [5, 5.41) is 0. The third-order valence-electron chi connectivity index (χ3n) is 3.12. The Bertz CT molecular complexity index is 271. The van der Waals surface area contributed by atoms with Crippen molar-refractivity contribution in [2.24, 2.45) is 0 Å². The predicted octanol–water partition coefficient (Wildman–Crippen LogP) is 4.59. The van der Waals surface area contributed by atoms with E-state index < -0.39 is 6.69 Å². The fraction of sp³-hybridized carbons (Fsp3) is 0.600. The number of allylic oxidation sites excluding steroid dienone is 4. The van der Waals surface area contributed by atoms with E-state index in [0.29, 0.717) is 5.54 Å². The van der Waals surface area contributed by atoms with Gasteiger partial charge in [-0.3, -0.25) is 0 Å². The molecule has 0 nitrogen and oxygen atoms in total. The summed E-state index contributed by atoms with van der Waals surface area (Å²) in [4.78, 5) is 0. The Morgan fingerprint density at radius 1 is 0.923 bits per heavy atom. The maximum Gasteiger partial charge on any atom is 0.259 e. The minimum atomic E-state index is -2.11. The molecule has 0 saturated heterocycles. The average molecular weight is 235 g/mol. The molecule has 0 unspecified atom stereocenters. The molecule has 0 saturated carbocycles. The minimum absolute atomic E-state index is 0.329. The van der Waals surface area contributed by atoms with Crippen LogP contribution in [0.3, 0.4) is 0 Å². The smallest absolute Gasteiger partial charge is 0.145 e. The van der Waals surface area contributed by atoms with Crippen molar-refractivity contribution in [2.75, 3.05) is 0 Å². The summed E-state index contributed by atoms with van der Waals surface area (Å²) >= 11 is 12.6. The number of hydrogen-bond acceptors (Lipinski definition) is 0. The van der Waals surface area contributed by atoms with Crippen LogP contribution in [0.25, 0.3) is 0 Å². The monoisotopic (exact) mass is 234 g/mol. The molecule has 0 spiro atoms. The highest BCUT2D eigenvalue weighted by atomic mass is 35.7. The van der Waals surface area contributed by atoms with Crippen LogP contribution in [0.1, 0.15) is 27.7 Å². The number of hydrogen-bond donors (Lipinski definition) is 0. The largest absolute Gasteiger partial charge is 0.259 e. The van der Waals surface area contributed by atoms with Crippen molar-refractivity contribution < 1.29 is 0 Å². The van der Waals surface area contributed by atoms with Gasteiger partial charge in [0.25, 0.3) is 6.69 Å². The highest BCUT2D eigenvalue weighted by Crippen LogP contribution is 2.49. The molecule has 1 aliphatic carbocycles. The van der Waals surface area contributed by atoms with Crippen molar-refractivity contribution in [3.8, 4) is 0 Å². The standard InChI is InChI=1S/C10H16Cl2Si/c1-6-7(2)9(4)10(8(6)3)13(5,11)12/h10H,1-5H3. The van der Waals surface area contributed by atoms with E-state index in [4.69, 9.17) is 22.2 Å². The summed E-state index contributed by atoms with van der Waals surface area (Å²) in [6.45, 7) is 8.50. The first kappa shape index (κ1) is 11.4. The summed E-state index contributed by atoms with van der Waals surface area (Å²) in [7, 11) is 0. The lowest BCUT2D eigenvalue weighted by atomic mass is 10.1. The molecule has 0 aromatic carbocycles. The van der Waals surface area contributed by atoms with Gasteiger partial charge in [0.15, 0.2) is 0 Å². The van der Waals surface area contributed by atoms with Crippen LogP contribution in [-0.2, 0) is 0 Å². The van der Waals surface area contributed by atoms with Gasteiger partial charge in [0.2, 0.25) is 0 Å².